The molecule has 0 saturated heterocycles. The summed E-state index contributed by atoms with van der Waals surface area (Å²) in [6.07, 6.45) is 8.95. The van der Waals surface area contributed by atoms with Gasteiger partial charge in [-0.1, -0.05) is 12.8 Å². The van der Waals surface area contributed by atoms with E-state index in [1.165, 1.54) is 25.7 Å². The molecular weight excluding hydrogens is 200 g/mol. The number of hydrogen-bond donors (Lipinski definition) is 2. The van der Waals surface area contributed by atoms with Gasteiger partial charge in [0.2, 0.25) is 0 Å². The quantitative estimate of drug-likeness (QED) is 0.803. The lowest BCUT2D eigenvalue weighted by Crippen LogP contribution is -2.35. The van der Waals surface area contributed by atoms with Gasteiger partial charge in [0.25, 0.3) is 0 Å². The lowest BCUT2D eigenvalue weighted by atomic mass is 10.1. The third-order valence-electron chi connectivity index (χ3n) is 3.23. The van der Waals surface area contributed by atoms with Gasteiger partial charge in [-0.15, -0.1) is 0 Å². The van der Waals surface area contributed by atoms with E-state index >= 15 is 0 Å². The molecule has 1 aliphatic carbocycles. The Morgan fingerprint density at radius 1 is 1.38 bits per heavy atom. The Balaban J connectivity index is 2.00. The van der Waals surface area contributed by atoms with Crippen LogP contribution in [0, 0.1) is 6.92 Å². The zero-order chi connectivity index (χ0) is 11.4. The summed E-state index contributed by atoms with van der Waals surface area (Å²) in [4.78, 5) is 8.43. The summed E-state index contributed by atoms with van der Waals surface area (Å²) in [5.74, 6) is 0.806. The first-order chi connectivity index (χ1) is 7.79. The van der Waals surface area contributed by atoms with Gasteiger partial charge in [0.1, 0.15) is 5.82 Å². The van der Waals surface area contributed by atoms with E-state index in [4.69, 9.17) is 5.73 Å². The number of hydrogen-bond acceptors (Lipinski definition) is 4. The molecule has 0 radical (unpaired) electrons. The second kappa shape index (κ2) is 5.37. The van der Waals surface area contributed by atoms with Crippen molar-refractivity contribution in [3.8, 4) is 0 Å². The topological polar surface area (TPSA) is 63.8 Å². The highest BCUT2D eigenvalue weighted by atomic mass is 15.0. The van der Waals surface area contributed by atoms with E-state index in [1.807, 2.05) is 19.3 Å². The molecule has 1 aromatic heterocycles. The van der Waals surface area contributed by atoms with Crippen LogP contribution in [0.4, 0.5) is 0 Å². The summed E-state index contributed by atoms with van der Waals surface area (Å²) in [5.41, 5.74) is 6.90. The maximum Gasteiger partial charge on any atom is 0.125 e. The van der Waals surface area contributed by atoms with Crippen molar-refractivity contribution in [2.24, 2.45) is 5.73 Å². The number of nitrogens with zero attached hydrogens (tertiary/aromatic N) is 2. The Morgan fingerprint density at radius 3 is 2.56 bits per heavy atom. The monoisotopic (exact) mass is 220 g/mol. The van der Waals surface area contributed by atoms with Gasteiger partial charge < -0.3 is 11.1 Å². The minimum atomic E-state index is 0.198. The molecule has 1 heterocycles. The van der Waals surface area contributed by atoms with Crippen LogP contribution in [-0.2, 0) is 0 Å². The molecule has 0 bridgehead atoms. The molecule has 0 aromatic carbocycles. The van der Waals surface area contributed by atoms with Crippen molar-refractivity contribution in [2.75, 3.05) is 6.54 Å². The molecule has 2 rings (SSSR count). The minimum absolute atomic E-state index is 0.198. The Hall–Kier alpha value is -1.00. The maximum absolute atomic E-state index is 5.80. The molecule has 1 saturated carbocycles. The molecule has 1 aromatic rings. The van der Waals surface area contributed by atoms with Crippen molar-refractivity contribution in [2.45, 2.75) is 44.7 Å². The summed E-state index contributed by atoms with van der Waals surface area (Å²) in [5, 5.41) is 3.60. The van der Waals surface area contributed by atoms with Gasteiger partial charge in [-0.2, -0.15) is 0 Å². The molecule has 1 fully saturated rings. The smallest absolute Gasteiger partial charge is 0.125 e. The molecule has 0 aliphatic heterocycles. The van der Waals surface area contributed by atoms with Gasteiger partial charge >= 0.3 is 0 Å². The SMILES string of the molecule is Cc1ncc(C(CN)NC2CCCC2)cn1. The van der Waals surface area contributed by atoms with E-state index in [9.17, 15) is 0 Å². The van der Waals surface area contributed by atoms with Gasteiger partial charge in [-0.3, -0.25) is 0 Å². The number of nitrogens with one attached hydrogen (secondary N) is 1. The first-order valence-corrected chi connectivity index (χ1v) is 6.04. The van der Waals surface area contributed by atoms with Crippen LogP contribution >= 0.6 is 0 Å². The predicted octanol–water partition coefficient (Wildman–Crippen LogP) is 1.32. The van der Waals surface area contributed by atoms with Crippen LogP contribution < -0.4 is 11.1 Å². The molecular formula is C12H20N4. The third-order valence-corrected chi connectivity index (χ3v) is 3.23. The standard InChI is InChI=1S/C12H20N4/c1-9-14-7-10(8-15-9)12(6-13)16-11-4-2-3-5-11/h7-8,11-12,16H,2-6,13H2,1H3. The van der Waals surface area contributed by atoms with E-state index < -0.39 is 0 Å². The van der Waals surface area contributed by atoms with E-state index in [0.717, 1.165) is 11.4 Å². The number of aryl methyl sites for hydroxylation is 1. The van der Waals surface area contributed by atoms with Gasteiger partial charge in [-0.25, -0.2) is 9.97 Å². The second-order valence-corrected chi connectivity index (χ2v) is 4.50. The van der Waals surface area contributed by atoms with Crippen LogP contribution in [0.1, 0.15) is 43.1 Å². The predicted molar refractivity (Wildman–Crippen MR) is 64.0 cm³/mol. The lowest BCUT2D eigenvalue weighted by Gasteiger charge is -2.21. The molecule has 0 spiro atoms. The van der Waals surface area contributed by atoms with E-state index in [2.05, 4.69) is 15.3 Å². The summed E-state index contributed by atoms with van der Waals surface area (Å²) in [6, 6.07) is 0.818. The lowest BCUT2D eigenvalue weighted by molar-refractivity contribution is 0.443. The highest BCUT2D eigenvalue weighted by molar-refractivity contribution is 5.11. The van der Waals surface area contributed by atoms with Crippen molar-refractivity contribution >= 4 is 0 Å². The van der Waals surface area contributed by atoms with Crippen molar-refractivity contribution in [3.63, 3.8) is 0 Å². The molecule has 88 valence electrons. The molecule has 0 amide bonds. The van der Waals surface area contributed by atoms with E-state index in [0.29, 0.717) is 12.6 Å². The fourth-order valence-electron chi connectivity index (χ4n) is 2.26. The van der Waals surface area contributed by atoms with E-state index in [1.54, 1.807) is 0 Å². The normalized spacial score (nSPS) is 18.9. The largest absolute Gasteiger partial charge is 0.329 e. The summed E-state index contributed by atoms with van der Waals surface area (Å²) < 4.78 is 0. The zero-order valence-electron chi connectivity index (χ0n) is 9.82. The van der Waals surface area contributed by atoms with Crippen LogP contribution in [0.25, 0.3) is 0 Å². The highest BCUT2D eigenvalue weighted by Gasteiger charge is 2.19. The van der Waals surface area contributed by atoms with Gasteiger partial charge in [0, 0.05) is 36.6 Å². The van der Waals surface area contributed by atoms with Crippen LogP contribution in [0.2, 0.25) is 0 Å². The van der Waals surface area contributed by atoms with Crippen molar-refractivity contribution in [1.82, 2.24) is 15.3 Å². The van der Waals surface area contributed by atoms with Crippen LogP contribution in [0.3, 0.4) is 0 Å². The summed E-state index contributed by atoms with van der Waals surface area (Å²) in [6.45, 7) is 2.49. The Bertz CT molecular complexity index is 316. The third kappa shape index (κ3) is 2.77. The summed E-state index contributed by atoms with van der Waals surface area (Å²) >= 11 is 0. The second-order valence-electron chi connectivity index (χ2n) is 4.50. The van der Waals surface area contributed by atoms with Crippen molar-refractivity contribution < 1.29 is 0 Å². The highest BCUT2D eigenvalue weighted by Crippen LogP contribution is 2.21. The number of nitrogens with two attached hydrogens (primary N) is 1. The Labute approximate surface area is 96.7 Å². The number of rotatable bonds is 4. The number of aromatic nitrogens is 2. The van der Waals surface area contributed by atoms with E-state index in [-0.39, 0.29) is 6.04 Å². The fraction of sp³-hybridized carbons (Fsp3) is 0.667. The Kier molecular flexibility index (Phi) is 3.85. The summed E-state index contributed by atoms with van der Waals surface area (Å²) in [7, 11) is 0. The van der Waals surface area contributed by atoms with Gasteiger partial charge in [-0.05, 0) is 19.8 Å². The fourth-order valence-corrected chi connectivity index (χ4v) is 2.26. The maximum atomic E-state index is 5.80. The average molecular weight is 220 g/mol. The van der Waals surface area contributed by atoms with Crippen molar-refractivity contribution in [3.05, 3.63) is 23.8 Å². The molecule has 4 nitrogen and oxygen atoms in total. The average Bonchev–Trinajstić information content (AvgIpc) is 2.80. The van der Waals surface area contributed by atoms with Crippen LogP contribution in [0.5, 0.6) is 0 Å². The zero-order valence-corrected chi connectivity index (χ0v) is 9.82. The minimum Gasteiger partial charge on any atom is -0.329 e. The Morgan fingerprint density at radius 2 is 2.00 bits per heavy atom. The van der Waals surface area contributed by atoms with Gasteiger partial charge in [0.05, 0.1) is 0 Å². The molecule has 16 heavy (non-hydrogen) atoms. The first-order valence-electron chi connectivity index (χ1n) is 6.04. The van der Waals surface area contributed by atoms with Crippen LogP contribution in [-0.4, -0.2) is 22.6 Å². The molecule has 4 heteroatoms. The molecule has 1 unspecified atom stereocenters. The first kappa shape index (κ1) is 11.5. The molecule has 3 N–H and O–H groups in total. The molecule has 1 atom stereocenters. The van der Waals surface area contributed by atoms with Crippen molar-refractivity contribution in [1.29, 1.82) is 0 Å². The van der Waals surface area contributed by atoms with Crippen LogP contribution in [0.15, 0.2) is 12.4 Å². The molecule has 1 aliphatic rings. The van der Waals surface area contributed by atoms with Gasteiger partial charge in [0.15, 0.2) is 0 Å².